The van der Waals surface area contributed by atoms with E-state index in [2.05, 4.69) is 37.7 Å². The van der Waals surface area contributed by atoms with Crippen LogP contribution in [0.1, 0.15) is 37.5 Å². The SMILES string of the molecule is CC(C)(C)c1ccnc(-n2c3ccccc3c3ccc(Oc4cccc(-n5[c-][n+]6c7c(c8c(cc75)C(F)(F)C(F)(F)C(F)(F)C8(F)F)-c5ccccc5-c5ccccc5-c5cccc(-c7ccccc7)c5-6)c4)cc32)c1. The summed E-state index contributed by atoms with van der Waals surface area (Å²) in [6.45, 7) is 6.38. The van der Waals surface area contributed by atoms with Crippen molar-refractivity contribution in [1.29, 1.82) is 0 Å². The number of hydrogen-bond donors (Lipinski definition) is 0. The van der Waals surface area contributed by atoms with Crippen LogP contribution in [0.2, 0.25) is 0 Å². The van der Waals surface area contributed by atoms with Crippen molar-refractivity contribution in [1.82, 2.24) is 14.1 Å². The zero-order chi connectivity index (χ0) is 52.0. The molecule has 0 atom stereocenters. The lowest BCUT2D eigenvalue weighted by Crippen LogP contribution is -2.64. The predicted octanol–water partition coefficient (Wildman–Crippen LogP) is 16.7. The molecule has 8 aromatic carbocycles. The Balaban J connectivity index is 1.09. The lowest BCUT2D eigenvalue weighted by Gasteiger charge is -2.44. The average Bonchev–Trinajstić information content (AvgIpc) is 4.10. The van der Waals surface area contributed by atoms with Crippen molar-refractivity contribution in [2.45, 2.75) is 49.9 Å². The second-order valence-corrected chi connectivity index (χ2v) is 20.1. The highest BCUT2D eigenvalue weighted by atomic mass is 19.4. The standard InChI is InChI=1S/C62H40F8N4O/c1-58(2,3)37-29-30-71-53(31-37)74-50-26-12-11-22-45(50)46-28-27-40(33-51(46)74)75-39-18-13-17-38(32-39)72-35-73-56-41(36-15-5-4-6-16-36)24-14-25-48(56)44-21-8-7-19-42(44)43-20-9-10-23-47(43)54-55-49(34-52(72)57(54)73)59(63,64)61(67,68)62(69,70)60(55,65)66/h4-34H,1-3H3. The summed E-state index contributed by atoms with van der Waals surface area (Å²) in [5, 5.41) is 1.92. The van der Waals surface area contributed by atoms with E-state index in [0.717, 1.165) is 27.4 Å². The Morgan fingerprint density at radius 3 is 1.87 bits per heavy atom. The van der Waals surface area contributed by atoms with Gasteiger partial charge in [-0.05, 0) is 105 Å². The molecule has 3 aromatic heterocycles. The maximum atomic E-state index is 17.0. The summed E-state index contributed by atoms with van der Waals surface area (Å²) in [5.74, 6) is -23.3. The van der Waals surface area contributed by atoms with Crippen LogP contribution in [0.5, 0.6) is 11.5 Å². The van der Waals surface area contributed by atoms with Crippen molar-refractivity contribution in [3.05, 3.63) is 211 Å². The van der Waals surface area contributed by atoms with Gasteiger partial charge < -0.3 is 4.74 Å². The van der Waals surface area contributed by atoms with Crippen LogP contribution < -0.4 is 9.30 Å². The number of halogens is 8. The monoisotopic (exact) mass is 1010 g/mol. The van der Waals surface area contributed by atoms with Crippen LogP contribution in [0.4, 0.5) is 35.1 Å². The zero-order valence-corrected chi connectivity index (χ0v) is 40.1. The molecule has 1 aliphatic heterocycles. The van der Waals surface area contributed by atoms with E-state index >= 15 is 35.1 Å². The molecule has 75 heavy (non-hydrogen) atoms. The Labute approximate surface area is 424 Å². The van der Waals surface area contributed by atoms with E-state index in [-0.39, 0.29) is 39.0 Å². The lowest BCUT2D eigenvalue weighted by atomic mass is 9.75. The molecule has 0 unspecified atom stereocenters. The summed E-state index contributed by atoms with van der Waals surface area (Å²) in [6.07, 6.45) is 5.05. The van der Waals surface area contributed by atoms with Crippen molar-refractivity contribution in [3.63, 3.8) is 0 Å². The molecule has 11 aromatic rings. The average molecular weight is 1010 g/mol. The zero-order valence-electron chi connectivity index (χ0n) is 40.1. The van der Waals surface area contributed by atoms with Crippen molar-refractivity contribution in [3.8, 4) is 73.2 Å². The van der Waals surface area contributed by atoms with E-state index in [0.29, 0.717) is 51.1 Å². The van der Waals surface area contributed by atoms with E-state index in [4.69, 9.17) is 9.72 Å². The molecule has 4 heterocycles. The summed E-state index contributed by atoms with van der Waals surface area (Å²) in [6, 6.07) is 52.1. The summed E-state index contributed by atoms with van der Waals surface area (Å²) < 4.78 is 142. The molecule has 370 valence electrons. The number of imidazole rings is 1. The minimum atomic E-state index is -6.54. The Bertz CT molecular complexity index is 4170. The maximum absolute atomic E-state index is 17.0. The number of rotatable bonds is 5. The summed E-state index contributed by atoms with van der Waals surface area (Å²) in [4.78, 5) is 4.78. The fourth-order valence-electron chi connectivity index (χ4n) is 11.0. The third kappa shape index (κ3) is 6.55. The molecular weight excluding hydrogens is 969 g/mol. The molecule has 0 spiro atoms. The molecule has 0 fully saturated rings. The molecule has 2 aliphatic rings. The van der Waals surface area contributed by atoms with E-state index < -0.39 is 40.4 Å². The molecule has 0 amide bonds. The molecule has 1 aliphatic carbocycles. The quantitative estimate of drug-likeness (QED) is 0.0978. The van der Waals surface area contributed by atoms with Gasteiger partial charge in [-0.1, -0.05) is 142 Å². The van der Waals surface area contributed by atoms with Crippen molar-refractivity contribution in [2.24, 2.45) is 0 Å². The number of hydrogen-bond acceptors (Lipinski definition) is 2. The van der Waals surface area contributed by atoms with Gasteiger partial charge in [-0.3, -0.25) is 13.7 Å². The summed E-state index contributed by atoms with van der Waals surface area (Å²) >= 11 is 0. The van der Waals surface area contributed by atoms with Crippen LogP contribution in [0.15, 0.2) is 188 Å². The van der Waals surface area contributed by atoms with Crippen molar-refractivity contribution < 1.29 is 44.4 Å². The Morgan fingerprint density at radius 1 is 0.520 bits per heavy atom. The molecule has 0 bridgehead atoms. The summed E-state index contributed by atoms with van der Waals surface area (Å²) in [5.41, 5.74) is 0.786. The van der Waals surface area contributed by atoms with Gasteiger partial charge in [0, 0.05) is 39.7 Å². The van der Waals surface area contributed by atoms with E-state index in [9.17, 15) is 0 Å². The van der Waals surface area contributed by atoms with Gasteiger partial charge in [0.15, 0.2) is 0 Å². The number of aromatic nitrogens is 4. The predicted molar refractivity (Wildman–Crippen MR) is 274 cm³/mol. The number of pyridine rings is 1. The molecule has 5 nitrogen and oxygen atoms in total. The van der Waals surface area contributed by atoms with E-state index in [1.807, 2.05) is 97.1 Å². The van der Waals surface area contributed by atoms with Crippen molar-refractivity contribution in [2.75, 3.05) is 0 Å². The number of nitrogens with zero attached hydrogens (tertiary/aromatic N) is 4. The van der Waals surface area contributed by atoms with Gasteiger partial charge in [0.1, 0.15) is 17.3 Å². The largest absolute Gasteiger partial charge is 0.458 e. The van der Waals surface area contributed by atoms with Gasteiger partial charge >= 0.3 is 23.7 Å². The Morgan fingerprint density at radius 2 is 1.12 bits per heavy atom. The Kier molecular flexibility index (Phi) is 9.84. The lowest BCUT2D eigenvalue weighted by molar-refractivity contribution is -0.570. The van der Waals surface area contributed by atoms with Gasteiger partial charge in [-0.25, -0.2) is 4.98 Å². The third-order valence-corrected chi connectivity index (χ3v) is 14.6. The van der Waals surface area contributed by atoms with E-state index in [1.54, 1.807) is 66.9 Å². The topological polar surface area (TPSA) is 35.9 Å². The van der Waals surface area contributed by atoms with Crippen LogP contribution in [0.25, 0.3) is 94.5 Å². The van der Waals surface area contributed by atoms with Gasteiger partial charge in [0.25, 0.3) is 6.33 Å². The first kappa shape index (κ1) is 46.2. The summed E-state index contributed by atoms with van der Waals surface area (Å²) in [7, 11) is 0. The molecule has 13 rings (SSSR count). The van der Waals surface area contributed by atoms with Gasteiger partial charge in [-0.2, -0.15) is 35.1 Å². The normalized spacial score (nSPS) is 15.8. The van der Waals surface area contributed by atoms with Crippen LogP contribution in [0.3, 0.4) is 0 Å². The second-order valence-electron chi connectivity index (χ2n) is 20.1. The molecule has 13 heteroatoms. The van der Waals surface area contributed by atoms with E-state index in [1.165, 1.54) is 21.3 Å². The first-order valence-electron chi connectivity index (χ1n) is 24.1. The molecular formula is C62H40F8N4O. The molecule has 0 radical (unpaired) electrons. The fourth-order valence-corrected chi connectivity index (χ4v) is 11.0. The number of para-hydroxylation sites is 2. The minimum Gasteiger partial charge on any atom is -0.458 e. The molecule has 0 saturated carbocycles. The first-order chi connectivity index (χ1) is 35.9. The molecule has 0 N–H and O–H groups in total. The molecule has 0 saturated heterocycles. The van der Waals surface area contributed by atoms with Gasteiger partial charge in [-0.15, -0.1) is 0 Å². The second kappa shape index (κ2) is 16.0. The number of fused-ring (bicyclic) bond motifs is 12. The van der Waals surface area contributed by atoms with Crippen LogP contribution in [-0.2, 0) is 17.3 Å². The minimum absolute atomic E-state index is 0.164. The number of benzene rings is 8. The highest BCUT2D eigenvalue weighted by Crippen LogP contribution is 2.67. The number of ether oxygens (including phenoxy) is 1. The maximum Gasteiger partial charge on any atom is 0.382 e. The van der Waals surface area contributed by atoms with Crippen LogP contribution in [-0.4, -0.2) is 26.0 Å². The number of alkyl halides is 8. The highest BCUT2D eigenvalue weighted by molar-refractivity contribution is 6.09. The van der Waals surface area contributed by atoms with Crippen LogP contribution in [0, 0.1) is 6.33 Å². The van der Waals surface area contributed by atoms with Crippen LogP contribution >= 0.6 is 0 Å². The smallest absolute Gasteiger partial charge is 0.382 e. The van der Waals surface area contributed by atoms with Gasteiger partial charge in [0.05, 0.1) is 33.4 Å². The first-order valence-corrected chi connectivity index (χ1v) is 24.1. The fraction of sp³-hybridized carbons (Fsp3) is 0.129. The third-order valence-electron chi connectivity index (χ3n) is 14.6. The van der Waals surface area contributed by atoms with Crippen molar-refractivity contribution >= 4 is 32.8 Å². The van der Waals surface area contributed by atoms with Gasteiger partial charge in [0.2, 0.25) is 0 Å². The highest BCUT2D eigenvalue weighted by Gasteiger charge is 2.85. The Hall–Kier alpha value is -8.58.